The van der Waals surface area contributed by atoms with Crippen molar-refractivity contribution in [2.45, 2.75) is 90.4 Å². The third kappa shape index (κ3) is 3.49. The van der Waals surface area contributed by atoms with Crippen LogP contribution in [0.3, 0.4) is 0 Å². The van der Waals surface area contributed by atoms with E-state index in [1.807, 2.05) is 14.0 Å². The van der Waals surface area contributed by atoms with Crippen molar-refractivity contribution in [1.29, 1.82) is 5.26 Å². The van der Waals surface area contributed by atoms with Crippen LogP contribution in [0.25, 0.3) is 0 Å². The first-order valence-electron chi connectivity index (χ1n) is 12.8. The summed E-state index contributed by atoms with van der Waals surface area (Å²) >= 11 is 0. The zero-order valence-corrected chi connectivity index (χ0v) is 20.6. The van der Waals surface area contributed by atoms with Crippen LogP contribution in [0.5, 0.6) is 0 Å². The van der Waals surface area contributed by atoms with Gasteiger partial charge in [0.25, 0.3) is 0 Å². The van der Waals surface area contributed by atoms with E-state index in [2.05, 4.69) is 25.0 Å². The van der Waals surface area contributed by atoms with E-state index in [0.29, 0.717) is 29.2 Å². The van der Waals surface area contributed by atoms with Crippen molar-refractivity contribution < 1.29 is 14.6 Å². The highest BCUT2D eigenvalue weighted by Crippen LogP contribution is 2.68. The van der Waals surface area contributed by atoms with Gasteiger partial charge in [0.15, 0.2) is 5.78 Å². The fourth-order valence-electron chi connectivity index (χ4n) is 9.02. The van der Waals surface area contributed by atoms with Crippen LogP contribution < -0.4 is 0 Å². The molecule has 0 unspecified atom stereocenters. The number of hydrogen-bond acceptors (Lipinski definition) is 5. The van der Waals surface area contributed by atoms with E-state index in [1.165, 1.54) is 19.0 Å². The Hall–Kier alpha value is -1.71. The van der Waals surface area contributed by atoms with Crippen LogP contribution in [-0.2, 0) is 16.1 Å². The summed E-state index contributed by atoms with van der Waals surface area (Å²) in [5, 5.41) is 24.1. The number of methoxy groups -OCH3 is 1. The Bertz CT molecular complexity index is 964. The number of nitriles is 1. The maximum absolute atomic E-state index is 13.5. The van der Waals surface area contributed by atoms with E-state index in [4.69, 9.17) is 10.00 Å². The van der Waals surface area contributed by atoms with Crippen molar-refractivity contribution in [3.63, 3.8) is 0 Å². The van der Waals surface area contributed by atoms with Crippen LogP contribution in [-0.4, -0.2) is 39.5 Å². The first-order valence-corrected chi connectivity index (χ1v) is 12.8. The molecule has 6 heteroatoms. The first kappa shape index (κ1) is 23.1. The number of nitrogens with zero attached hydrogens (tertiary/aromatic N) is 3. The summed E-state index contributed by atoms with van der Waals surface area (Å²) in [6, 6.07) is 2.09. The number of hydrogen-bond donors (Lipinski definition) is 1. The van der Waals surface area contributed by atoms with Gasteiger partial charge in [-0.2, -0.15) is 10.4 Å². The lowest BCUT2D eigenvalue weighted by atomic mass is 9.43. The van der Waals surface area contributed by atoms with Crippen LogP contribution in [0.1, 0.15) is 77.7 Å². The minimum atomic E-state index is -0.524. The maximum Gasteiger partial charge on any atom is 0.157 e. The van der Waals surface area contributed by atoms with Gasteiger partial charge in [-0.15, -0.1) is 0 Å². The second-order valence-electron chi connectivity index (χ2n) is 12.3. The molecule has 0 aliphatic heterocycles. The lowest BCUT2D eigenvalue weighted by Crippen LogP contribution is -2.60. The van der Waals surface area contributed by atoms with Crippen LogP contribution in [0.4, 0.5) is 0 Å². The van der Waals surface area contributed by atoms with Crippen molar-refractivity contribution in [2.75, 3.05) is 7.11 Å². The van der Waals surface area contributed by atoms with Crippen molar-refractivity contribution in [3.8, 4) is 6.07 Å². The molecule has 180 valence electrons. The smallest absolute Gasteiger partial charge is 0.157 e. The molecule has 0 saturated heterocycles. The van der Waals surface area contributed by atoms with Crippen molar-refractivity contribution in [3.05, 3.63) is 18.0 Å². The Morgan fingerprint density at radius 3 is 2.73 bits per heavy atom. The van der Waals surface area contributed by atoms with Crippen molar-refractivity contribution in [2.24, 2.45) is 40.4 Å². The number of carbonyl (C=O) groups is 1. The van der Waals surface area contributed by atoms with Gasteiger partial charge in [-0.3, -0.25) is 9.48 Å². The summed E-state index contributed by atoms with van der Waals surface area (Å²) in [5.74, 6) is 2.52. The van der Waals surface area contributed by atoms with Gasteiger partial charge in [0.1, 0.15) is 6.07 Å². The Morgan fingerprint density at radius 2 is 2.03 bits per heavy atom. The zero-order chi connectivity index (χ0) is 23.6. The molecule has 9 atom stereocenters. The van der Waals surface area contributed by atoms with E-state index in [0.717, 1.165) is 38.5 Å². The van der Waals surface area contributed by atoms with Gasteiger partial charge < -0.3 is 9.84 Å². The molecule has 4 fully saturated rings. The number of aliphatic hydroxyl groups is 1. The van der Waals surface area contributed by atoms with E-state index in [-0.39, 0.29) is 35.2 Å². The summed E-state index contributed by atoms with van der Waals surface area (Å²) in [6.07, 6.45) is 11.6. The number of ether oxygens (including phenoxy) is 1. The average molecular weight is 454 g/mol. The molecule has 5 rings (SSSR count). The zero-order valence-electron chi connectivity index (χ0n) is 20.6. The lowest BCUT2D eigenvalue weighted by Gasteiger charge is -2.63. The summed E-state index contributed by atoms with van der Waals surface area (Å²) < 4.78 is 7.82. The maximum atomic E-state index is 13.5. The standard InChI is InChI=1S/C27H39N3O3/c1-25(32)9-10-26(2)18(12-25)5-6-19-20-7-8-21(27(20,3)24(33-4)11-22(19)26)23(31)16-30-15-17(13-28)14-29-30/h14-15,18-22,24,32H,5-12,16H2,1-4H3/t18-,19+,20+,21-,22+,24-,25-,26+,27+/m1/s1. The summed E-state index contributed by atoms with van der Waals surface area (Å²) in [5.41, 5.74) is 0.0734. The van der Waals surface area contributed by atoms with E-state index >= 15 is 0 Å². The lowest BCUT2D eigenvalue weighted by molar-refractivity contribution is -0.188. The molecule has 0 radical (unpaired) electrons. The molecule has 4 saturated carbocycles. The Labute approximate surface area is 197 Å². The number of rotatable bonds is 4. The number of aromatic nitrogens is 2. The van der Waals surface area contributed by atoms with Crippen LogP contribution in [0.2, 0.25) is 0 Å². The SMILES string of the molecule is CO[C@@H]1C[C@H]2[C@@H](CC[C@@H]3C[C@](C)(O)CC[C@@]32C)[C@@H]2CC[C@H](C(=O)Cn3cc(C#N)cn3)[C@@]12C. The first-order chi connectivity index (χ1) is 15.6. The molecule has 0 spiro atoms. The normalized spacial score (nSPS) is 46.7. The average Bonchev–Trinajstić information content (AvgIpc) is 3.37. The van der Waals surface area contributed by atoms with Crippen molar-refractivity contribution in [1.82, 2.24) is 9.78 Å². The van der Waals surface area contributed by atoms with E-state index < -0.39 is 5.60 Å². The summed E-state index contributed by atoms with van der Waals surface area (Å²) in [4.78, 5) is 13.5. The molecule has 0 bridgehead atoms. The van der Waals surface area contributed by atoms with Crippen LogP contribution >= 0.6 is 0 Å². The molecule has 1 aromatic rings. The third-order valence-corrected chi connectivity index (χ3v) is 10.8. The van der Waals surface area contributed by atoms with Gasteiger partial charge in [0.2, 0.25) is 0 Å². The molecule has 6 nitrogen and oxygen atoms in total. The van der Waals surface area contributed by atoms with Gasteiger partial charge in [0, 0.05) is 24.6 Å². The second-order valence-corrected chi connectivity index (χ2v) is 12.3. The predicted molar refractivity (Wildman–Crippen MR) is 124 cm³/mol. The number of ketones is 1. The molecule has 4 aliphatic carbocycles. The van der Waals surface area contributed by atoms with Gasteiger partial charge in [-0.1, -0.05) is 13.8 Å². The molecule has 4 aliphatic rings. The molecule has 1 aromatic heterocycles. The van der Waals surface area contributed by atoms with Gasteiger partial charge in [-0.05, 0) is 87.4 Å². The Balaban J connectivity index is 1.40. The topological polar surface area (TPSA) is 88.1 Å². The van der Waals surface area contributed by atoms with Crippen LogP contribution in [0.15, 0.2) is 12.4 Å². The minimum absolute atomic E-state index is 0.0271. The summed E-state index contributed by atoms with van der Waals surface area (Å²) in [7, 11) is 1.83. The largest absolute Gasteiger partial charge is 0.390 e. The van der Waals surface area contributed by atoms with E-state index in [1.54, 1.807) is 10.9 Å². The Kier molecular flexibility index (Phi) is 5.53. The molecule has 0 aromatic carbocycles. The second kappa shape index (κ2) is 7.92. The highest BCUT2D eigenvalue weighted by molar-refractivity contribution is 5.82. The highest BCUT2D eigenvalue weighted by Gasteiger charge is 2.65. The minimum Gasteiger partial charge on any atom is -0.390 e. The number of carbonyl (C=O) groups excluding carboxylic acids is 1. The van der Waals surface area contributed by atoms with Gasteiger partial charge in [0.05, 0.1) is 30.0 Å². The van der Waals surface area contributed by atoms with Crippen molar-refractivity contribution >= 4 is 5.78 Å². The predicted octanol–water partition coefficient (Wildman–Crippen LogP) is 4.36. The van der Waals surface area contributed by atoms with Gasteiger partial charge in [-0.25, -0.2) is 0 Å². The third-order valence-electron chi connectivity index (χ3n) is 10.8. The molecule has 0 amide bonds. The quantitative estimate of drug-likeness (QED) is 0.732. The van der Waals surface area contributed by atoms with Crippen LogP contribution in [0, 0.1) is 51.8 Å². The highest BCUT2D eigenvalue weighted by atomic mass is 16.5. The fraction of sp³-hybridized carbons (Fsp3) is 0.815. The summed E-state index contributed by atoms with van der Waals surface area (Å²) in [6.45, 7) is 7.05. The molecular weight excluding hydrogens is 414 g/mol. The molecule has 33 heavy (non-hydrogen) atoms. The molecular formula is C27H39N3O3. The number of Topliss-reactive ketones (excluding diaryl/α,β-unsaturated/α-hetero) is 1. The molecule has 1 N–H and O–H groups in total. The monoisotopic (exact) mass is 453 g/mol. The Morgan fingerprint density at radius 1 is 1.24 bits per heavy atom. The van der Waals surface area contributed by atoms with Gasteiger partial charge >= 0.3 is 0 Å². The molecule has 1 heterocycles. The number of fused-ring (bicyclic) bond motifs is 5. The van der Waals surface area contributed by atoms with E-state index in [9.17, 15) is 9.90 Å². The fourth-order valence-corrected chi connectivity index (χ4v) is 9.02.